The number of piperazine rings is 1. The average Bonchev–Trinajstić information content (AvgIpc) is 3.09. The molecular weight excluding hydrogens is 440 g/mol. The molecule has 1 aromatic heterocycles. The van der Waals surface area contributed by atoms with Gasteiger partial charge in [0.15, 0.2) is 0 Å². The molecule has 0 aliphatic carbocycles. The number of thioether (sulfide) groups is 1. The van der Waals surface area contributed by atoms with Gasteiger partial charge in [-0.2, -0.15) is 0 Å². The number of rotatable bonds is 7. The van der Waals surface area contributed by atoms with E-state index in [4.69, 9.17) is 12.2 Å². The number of thiocarbonyl (C=S) groups is 1. The summed E-state index contributed by atoms with van der Waals surface area (Å²) in [4.78, 5) is 36.3. The van der Waals surface area contributed by atoms with Crippen molar-refractivity contribution in [2.75, 3.05) is 39.3 Å². The largest absolute Gasteiger partial charge is 0.340 e. The topological polar surface area (TPSA) is 56.8 Å². The van der Waals surface area contributed by atoms with Crippen molar-refractivity contribution in [1.82, 2.24) is 19.7 Å². The number of benzene rings is 1. The predicted molar refractivity (Wildman–Crippen MR) is 132 cm³/mol. The molecule has 0 atom stereocenters. The molecule has 0 unspecified atom stereocenters. The predicted octanol–water partition coefficient (Wildman–Crippen LogP) is 3.06. The van der Waals surface area contributed by atoms with Gasteiger partial charge in [-0.3, -0.25) is 24.4 Å². The van der Waals surface area contributed by atoms with E-state index in [1.807, 2.05) is 65.7 Å². The lowest BCUT2D eigenvalue weighted by molar-refractivity contribution is -0.133. The fourth-order valence-corrected chi connectivity index (χ4v) is 5.11. The zero-order valence-electron chi connectivity index (χ0n) is 17.9. The van der Waals surface area contributed by atoms with Crippen molar-refractivity contribution in [3.05, 3.63) is 70.9 Å². The van der Waals surface area contributed by atoms with Gasteiger partial charge in [0.05, 0.1) is 4.91 Å². The third-order valence-electron chi connectivity index (χ3n) is 5.66. The number of hydrogen-bond donors (Lipinski definition) is 0. The second-order valence-corrected chi connectivity index (χ2v) is 9.46. The van der Waals surface area contributed by atoms with E-state index in [0.29, 0.717) is 35.3 Å². The molecule has 2 fully saturated rings. The molecule has 32 heavy (non-hydrogen) atoms. The molecule has 3 heterocycles. The van der Waals surface area contributed by atoms with Crippen molar-refractivity contribution >= 4 is 46.2 Å². The Morgan fingerprint density at radius 1 is 1.03 bits per heavy atom. The van der Waals surface area contributed by atoms with E-state index in [1.54, 1.807) is 4.90 Å². The first-order valence-corrected chi connectivity index (χ1v) is 12.0. The van der Waals surface area contributed by atoms with Gasteiger partial charge in [-0.15, -0.1) is 0 Å². The summed E-state index contributed by atoms with van der Waals surface area (Å²) in [6.07, 6.45) is 4.88. The normalized spacial score (nSPS) is 18.6. The van der Waals surface area contributed by atoms with Gasteiger partial charge in [0, 0.05) is 64.0 Å². The summed E-state index contributed by atoms with van der Waals surface area (Å²) < 4.78 is 0.518. The summed E-state index contributed by atoms with van der Waals surface area (Å²) >= 11 is 6.69. The van der Waals surface area contributed by atoms with Crippen LogP contribution in [-0.4, -0.2) is 75.1 Å². The molecule has 0 saturated carbocycles. The van der Waals surface area contributed by atoms with Gasteiger partial charge in [0.1, 0.15) is 4.32 Å². The van der Waals surface area contributed by atoms with Crippen molar-refractivity contribution in [3.63, 3.8) is 0 Å². The van der Waals surface area contributed by atoms with Crippen LogP contribution in [0.5, 0.6) is 0 Å². The van der Waals surface area contributed by atoms with Gasteiger partial charge in [-0.25, -0.2) is 0 Å². The molecule has 2 aromatic rings. The molecule has 2 aliphatic rings. The van der Waals surface area contributed by atoms with Crippen molar-refractivity contribution < 1.29 is 9.59 Å². The molecular formula is C24H26N4O2S2. The van der Waals surface area contributed by atoms with E-state index in [9.17, 15) is 9.59 Å². The van der Waals surface area contributed by atoms with E-state index < -0.39 is 0 Å². The second-order valence-electron chi connectivity index (χ2n) is 7.79. The third kappa shape index (κ3) is 5.82. The highest BCUT2D eigenvalue weighted by atomic mass is 32.2. The maximum Gasteiger partial charge on any atom is 0.266 e. The van der Waals surface area contributed by atoms with Crippen molar-refractivity contribution in [2.45, 2.75) is 12.8 Å². The van der Waals surface area contributed by atoms with Crippen LogP contribution in [-0.2, 0) is 16.0 Å². The number of carbonyl (C=O) groups is 2. The van der Waals surface area contributed by atoms with Gasteiger partial charge in [-0.1, -0.05) is 60.4 Å². The minimum Gasteiger partial charge on any atom is -0.340 e. The molecule has 6 nitrogen and oxygen atoms in total. The summed E-state index contributed by atoms with van der Waals surface area (Å²) in [6.45, 7) is 4.43. The zero-order valence-corrected chi connectivity index (χ0v) is 19.5. The Balaban J connectivity index is 1.22. The molecule has 4 rings (SSSR count). The van der Waals surface area contributed by atoms with Crippen LogP contribution in [0.3, 0.4) is 0 Å². The van der Waals surface area contributed by atoms with Crippen LogP contribution in [0.4, 0.5) is 0 Å². The standard InChI is InChI=1S/C24H26N4O2S2/c29-22(27-16-14-26(15-17-27)12-9-20-8-4-5-11-25-20)10-13-28-23(30)21(32-24(28)31)18-19-6-2-1-3-7-19/h1-8,11,18H,9-10,12-17H2/b21-18+. The monoisotopic (exact) mass is 466 g/mol. The van der Waals surface area contributed by atoms with E-state index in [-0.39, 0.29) is 11.8 Å². The van der Waals surface area contributed by atoms with Crippen LogP contribution < -0.4 is 0 Å². The minimum absolute atomic E-state index is 0.0791. The summed E-state index contributed by atoms with van der Waals surface area (Å²) in [5.41, 5.74) is 2.06. The van der Waals surface area contributed by atoms with Crippen molar-refractivity contribution in [3.8, 4) is 0 Å². The SMILES string of the molecule is O=C(CCN1C(=O)/C(=C\c2ccccc2)SC1=S)N1CCN(CCc2ccccn2)CC1. The molecule has 0 radical (unpaired) electrons. The zero-order chi connectivity index (χ0) is 22.3. The summed E-state index contributed by atoms with van der Waals surface area (Å²) in [7, 11) is 0. The Morgan fingerprint density at radius 2 is 1.78 bits per heavy atom. The highest BCUT2D eigenvalue weighted by Gasteiger charge is 2.32. The molecule has 0 bridgehead atoms. The Kier molecular flexibility index (Phi) is 7.68. The Labute approximate surface area is 198 Å². The quantitative estimate of drug-likeness (QED) is 0.462. The first-order chi connectivity index (χ1) is 15.6. The molecule has 0 N–H and O–H groups in total. The minimum atomic E-state index is -0.115. The first-order valence-electron chi connectivity index (χ1n) is 10.8. The molecule has 1 aromatic carbocycles. The van der Waals surface area contributed by atoms with E-state index in [1.165, 1.54) is 11.8 Å². The lowest BCUT2D eigenvalue weighted by Gasteiger charge is -2.35. The van der Waals surface area contributed by atoms with Crippen LogP contribution in [0.1, 0.15) is 17.7 Å². The Morgan fingerprint density at radius 3 is 2.50 bits per heavy atom. The Hall–Kier alpha value is -2.55. The highest BCUT2D eigenvalue weighted by molar-refractivity contribution is 8.26. The summed E-state index contributed by atoms with van der Waals surface area (Å²) in [5.74, 6) is -0.0357. The van der Waals surface area contributed by atoms with Gasteiger partial charge in [0.25, 0.3) is 5.91 Å². The maximum atomic E-state index is 12.8. The third-order valence-corrected chi connectivity index (χ3v) is 7.03. The van der Waals surface area contributed by atoms with E-state index >= 15 is 0 Å². The number of hydrogen-bond acceptors (Lipinski definition) is 6. The fraction of sp³-hybridized carbons (Fsp3) is 0.333. The van der Waals surface area contributed by atoms with Gasteiger partial charge < -0.3 is 4.90 Å². The first kappa shape index (κ1) is 22.6. The van der Waals surface area contributed by atoms with Crippen LogP contribution in [0.15, 0.2) is 59.6 Å². The van der Waals surface area contributed by atoms with Crippen LogP contribution >= 0.6 is 24.0 Å². The molecule has 2 saturated heterocycles. The van der Waals surface area contributed by atoms with Crippen LogP contribution in [0.25, 0.3) is 6.08 Å². The molecule has 2 amide bonds. The lowest BCUT2D eigenvalue weighted by Crippen LogP contribution is -2.49. The fourth-order valence-electron chi connectivity index (χ4n) is 3.80. The smallest absolute Gasteiger partial charge is 0.266 e. The van der Waals surface area contributed by atoms with Crippen LogP contribution in [0, 0.1) is 0 Å². The average molecular weight is 467 g/mol. The van der Waals surface area contributed by atoms with Gasteiger partial charge >= 0.3 is 0 Å². The Bertz CT molecular complexity index is 990. The number of amides is 2. The van der Waals surface area contributed by atoms with Crippen molar-refractivity contribution in [2.24, 2.45) is 0 Å². The van der Waals surface area contributed by atoms with E-state index in [0.717, 1.165) is 37.3 Å². The van der Waals surface area contributed by atoms with Crippen LogP contribution in [0.2, 0.25) is 0 Å². The maximum absolute atomic E-state index is 12.8. The lowest BCUT2D eigenvalue weighted by atomic mass is 10.2. The van der Waals surface area contributed by atoms with E-state index in [2.05, 4.69) is 9.88 Å². The molecule has 2 aliphatic heterocycles. The molecule has 0 spiro atoms. The number of pyridine rings is 1. The van der Waals surface area contributed by atoms with Crippen molar-refractivity contribution in [1.29, 1.82) is 0 Å². The summed E-state index contributed by atoms with van der Waals surface area (Å²) in [6, 6.07) is 15.7. The molecule has 166 valence electrons. The van der Waals surface area contributed by atoms with Gasteiger partial charge in [-0.05, 0) is 23.8 Å². The second kappa shape index (κ2) is 10.8. The molecule has 8 heteroatoms. The highest BCUT2D eigenvalue weighted by Crippen LogP contribution is 2.32. The number of aromatic nitrogens is 1. The number of nitrogens with zero attached hydrogens (tertiary/aromatic N) is 4. The summed E-state index contributed by atoms with van der Waals surface area (Å²) in [5, 5.41) is 0. The number of carbonyl (C=O) groups excluding carboxylic acids is 2. The van der Waals surface area contributed by atoms with Gasteiger partial charge in [0.2, 0.25) is 5.91 Å².